The molecular weight excluding hydrogens is 387 g/mol. The normalized spacial score (nSPS) is 12.7. The van der Waals surface area contributed by atoms with Gasteiger partial charge in [-0.3, -0.25) is 9.59 Å². The first-order valence-electron chi connectivity index (χ1n) is 8.54. The molecular formula is C20H20ClFN2O4. The fourth-order valence-corrected chi connectivity index (χ4v) is 2.92. The largest absolute Gasteiger partial charge is 0.480 e. The summed E-state index contributed by atoms with van der Waals surface area (Å²) in [6.45, 7) is 1.24. The molecule has 0 saturated heterocycles. The first kappa shape index (κ1) is 21.4. The summed E-state index contributed by atoms with van der Waals surface area (Å²) < 4.78 is 13.4. The van der Waals surface area contributed by atoms with Gasteiger partial charge in [0.1, 0.15) is 17.9 Å². The first-order chi connectivity index (χ1) is 13.3. The minimum atomic E-state index is -1.24. The van der Waals surface area contributed by atoms with Gasteiger partial charge in [-0.2, -0.15) is 0 Å². The van der Waals surface area contributed by atoms with Crippen LogP contribution in [0.3, 0.4) is 0 Å². The molecule has 3 N–H and O–H groups in total. The van der Waals surface area contributed by atoms with Gasteiger partial charge in [0.25, 0.3) is 0 Å². The summed E-state index contributed by atoms with van der Waals surface area (Å²) in [6.07, 6.45) is -0.00485. The number of aliphatic carboxylic acids is 1. The van der Waals surface area contributed by atoms with E-state index >= 15 is 0 Å². The van der Waals surface area contributed by atoms with Gasteiger partial charge in [-0.15, -0.1) is 0 Å². The Labute approximate surface area is 166 Å². The third kappa shape index (κ3) is 6.35. The molecule has 0 unspecified atom stereocenters. The Bertz CT molecular complexity index is 875. The van der Waals surface area contributed by atoms with Gasteiger partial charge in [0.15, 0.2) is 0 Å². The number of carboxylic acid groups (broad SMARTS) is 1. The van der Waals surface area contributed by atoms with Gasteiger partial charge in [-0.1, -0.05) is 41.9 Å². The van der Waals surface area contributed by atoms with Crippen molar-refractivity contribution < 1.29 is 23.9 Å². The standard InChI is InChI=1S/C20H20ClFN2O4/c1-12(25)23-17(10-13-5-4-7-15(22)9-13)19(26)24-18(20(27)28)11-14-6-2-3-8-16(14)21/h2-9,17-18H,10-11H2,1H3,(H,23,25)(H,24,26)(H,27,28)/t17-,18+/m1/s1. The van der Waals surface area contributed by atoms with Crippen molar-refractivity contribution >= 4 is 29.4 Å². The van der Waals surface area contributed by atoms with Crippen LogP contribution in [-0.4, -0.2) is 35.0 Å². The number of carboxylic acids is 1. The maximum absolute atomic E-state index is 13.4. The van der Waals surface area contributed by atoms with E-state index in [2.05, 4.69) is 10.6 Å². The molecule has 2 atom stereocenters. The number of halogens is 2. The zero-order valence-corrected chi connectivity index (χ0v) is 15.9. The van der Waals surface area contributed by atoms with Gasteiger partial charge < -0.3 is 15.7 Å². The average molecular weight is 407 g/mol. The van der Waals surface area contributed by atoms with E-state index in [4.69, 9.17) is 11.6 Å². The molecule has 0 aromatic heterocycles. The van der Waals surface area contributed by atoms with Crippen LogP contribution in [0.5, 0.6) is 0 Å². The molecule has 0 aliphatic rings. The van der Waals surface area contributed by atoms with E-state index in [9.17, 15) is 23.9 Å². The predicted octanol–water partition coefficient (Wildman–Crippen LogP) is 2.34. The van der Waals surface area contributed by atoms with E-state index in [1.54, 1.807) is 30.3 Å². The number of carbonyl (C=O) groups excluding carboxylic acids is 2. The molecule has 0 aliphatic carbocycles. The molecule has 8 heteroatoms. The summed E-state index contributed by atoms with van der Waals surface area (Å²) in [4.78, 5) is 35.7. The predicted molar refractivity (Wildman–Crippen MR) is 102 cm³/mol. The van der Waals surface area contributed by atoms with E-state index in [0.717, 1.165) is 0 Å². The number of hydrogen-bond acceptors (Lipinski definition) is 3. The van der Waals surface area contributed by atoms with Crippen LogP contribution in [0.25, 0.3) is 0 Å². The SMILES string of the molecule is CC(=O)N[C@H](Cc1cccc(F)c1)C(=O)N[C@@H](Cc1ccccc1Cl)C(=O)O. The van der Waals surface area contributed by atoms with Crippen molar-refractivity contribution in [3.63, 3.8) is 0 Å². The summed E-state index contributed by atoms with van der Waals surface area (Å²) in [5, 5.41) is 14.8. The molecule has 28 heavy (non-hydrogen) atoms. The zero-order chi connectivity index (χ0) is 20.7. The average Bonchev–Trinajstić information content (AvgIpc) is 2.61. The minimum absolute atomic E-state index is 0.0155. The molecule has 2 rings (SSSR count). The molecule has 2 aromatic carbocycles. The second-order valence-corrected chi connectivity index (χ2v) is 6.69. The van der Waals surface area contributed by atoms with Crippen molar-refractivity contribution in [2.45, 2.75) is 31.8 Å². The number of amides is 2. The summed E-state index contributed by atoms with van der Waals surface area (Å²) in [5.41, 5.74) is 1.06. The van der Waals surface area contributed by atoms with E-state index in [0.29, 0.717) is 16.1 Å². The Hall–Kier alpha value is -2.93. The Balaban J connectivity index is 2.15. The second-order valence-electron chi connectivity index (χ2n) is 6.28. The summed E-state index contributed by atoms with van der Waals surface area (Å²) in [7, 11) is 0. The molecule has 0 aliphatic heterocycles. The van der Waals surface area contributed by atoms with Crippen LogP contribution < -0.4 is 10.6 Å². The second kappa shape index (κ2) is 9.85. The van der Waals surface area contributed by atoms with E-state index in [1.165, 1.54) is 25.1 Å². The number of rotatable bonds is 8. The number of carbonyl (C=O) groups is 3. The molecule has 0 spiro atoms. The van der Waals surface area contributed by atoms with Crippen molar-refractivity contribution in [1.29, 1.82) is 0 Å². The van der Waals surface area contributed by atoms with E-state index in [1.807, 2.05) is 0 Å². The Morgan fingerprint density at radius 2 is 1.75 bits per heavy atom. The van der Waals surface area contributed by atoms with Gasteiger partial charge in [0.05, 0.1) is 0 Å². The van der Waals surface area contributed by atoms with Gasteiger partial charge in [0.2, 0.25) is 11.8 Å². The van der Waals surface area contributed by atoms with Crippen molar-refractivity contribution in [3.8, 4) is 0 Å². The molecule has 0 saturated carbocycles. The molecule has 0 heterocycles. The zero-order valence-electron chi connectivity index (χ0n) is 15.1. The van der Waals surface area contributed by atoms with Gasteiger partial charge in [-0.25, -0.2) is 9.18 Å². The van der Waals surface area contributed by atoms with Gasteiger partial charge in [0, 0.05) is 24.8 Å². The number of benzene rings is 2. The number of hydrogen-bond donors (Lipinski definition) is 3. The van der Waals surface area contributed by atoms with Crippen molar-refractivity contribution in [3.05, 3.63) is 70.5 Å². The first-order valence-corrected chi connectivity index (χ1v) is 8.92. The maximum Gasteiger partial charge on any atom is 0.326 e. The maximum atomic E-state index is 13.4. The van der Waals surface area contributed by atoms with Crippen LogP contribution in [0.15, 0.2) is 48.5 Å². The minimum Gasteiger partial charge on any atom is -0.480 e. The lowest BCUT2D eigenvalue weighted by molar-refractivity contribution is -0.142. The fraction of sp³-hybridized carbons (Fsp3) is 0.250. The molecule has 0 radical (unpaired) electrons. The smallest absolute Gasteiger partial charge is 0.326 e. The van der Waals surface area contributed by atoms with Crippen molar-refractivity contribution in [2.24, 2.45) is 0 Å². The van der Waals surface area contributed by atoms with Crippen LogP contribution >= 0.6 is 11.6 Å². The highest BCUT2D eigenvalue weighted by atomic mass is 35.5. The lowest BCUT2D eigenvalue weighted by Crippen LogP contribution is -2.52. The lowest BCUT2D eigenvalue weighted by Gasteiger charge is -2.21. The Morgan fingerprint density at radius 3 is 2.36 bits per heavy atom. The van der Waals surface area contributed by atoms with Crippen LogP contribution in [-0.2, 0) is 27.2 Å². The molecule has 0 fully saturated rings. The van der Waals surface area contributed by atoms with E-state index < -0.39 is 35.7 Å². The molecule has 148 valence electrons. The highest BCUT2D eigenvalue weighted by Gasteiger charge is 2.27. The fourth-order valence-electron chi connectivity index (χ4n) is 2.71. The van der Waals surface area contributed by atoms with Crippen LogP contribution in [0.2, 0.25) is 5.02 Å². The monoisotopic (exact) mass is 406 g/mol. The summed E-state index contributed by atoms with van der Waals surface area (Å²) >= 11 is 6.06. The summed E-state index contributed by atoms with van der Waals surface area (Å²) in [6, 6.07) is 10.1. The number of nitrogens with one attached hydrogen (secondary N) is 2. The molecule has 6 nitrogen and oxygen atoms in total. The molecule has 0 bridgehead atoms. The van der Waals surface area contributed by atoms with Crippen molar-refractivity contribution in [2.75, 3.05) is 0 Å². The van der Waals surface area contributed by atoms with Crippen LogP contribution in [0.4, 0.5) is 4.39 Å². The third-order valence-electron chi connectivity index (χ3n) is 4.02. The van der Waals surface area contributed by atoms with Crippen LogP contribution in [0, 0.1) is 5.82 Å². The molecule has 2 aromatic rings. The third-order valence-corrected chi connectivity index (χ3v) is 4.39. The summed E-state index contributed by atoms with van der Waals surface area (Å²) in [5.74, 6) is -2.85. The Morgan fingerprint density at radius 1 is 1.04 bits per heavy atom. The quantitative estimate of drug-likeness (QED) is 0.627. The lowest BCUT2D eigenvalue weighted by atomic mass is 10.0. The van der Waals surface area contributed by atoms with E-state index in [-0.39, 0.29) is 12.8 Å². The topological polar surface area (TPSA) is 95.5 Å². The highest BCUT2D eigenvalue weighted by molar-refractivity contribution is 6.31. The highest BCUT2D eigenvalue weighted by Crippen LogP contribution is 2.17. The van der Waals surface area contributed by atoms with Crippen LogP contribution in [0.1, 0.15) is 18.1 Å². The van der Waals surface area contributed by atoms with Crippen molar-refractivity contribution in [1.82, 2.24) is 10.6 Å². The van der Waals surface area contributed by atoms with Gasteiger partial charge >= 0.3 is 5.97 Å². The van der Waals surface area contributed by atoms with Gasteiger partial charge in [-0.05, 0) is 29.3 Å². The molecule has 2 amide bonds. The Kier molecular flexibility index (Phi) is 7.52.